The summed E-state index contributed by atoms with van der Waals surface area (Å²) in [4.78, 5) is 25.9. The highest BCUT2D eigenvalue weighted by molar-refractivity contribution is 5.76. The van der Waals surface area contributed by atoms with Gasteiger partial charge in [0, 0.05) is 25.4 Å². The summed E-state index contributed by atoms with van der Waals surface area (Å²) in [6.07, 6.45) is 1.62. The molecular weight excluding hydrogens is 308 g/mol. The van der Waals surface area contributed by atoms with Crippen molar-refractivity contribution in [3.8, 4) is 11.5 Å². The first kappa shape index (κ1) is 17.6. The standard InChI is InChI=1S/C18H22N2O4/c1-4-19(18(22)13-20-10-6-5-7-17(20)21)12-14-8-9-15(23-2)16(11-14)24-3/h5-11H,4,12-13H2,1-3H3. The predicted molar refractivity (Wildman–Crippen MR) is 91.3 cm³/mol. The molecule has 24 heavy (non-hydrogen) atoms. The SMILES string of the molecule is CCN(Cc1ccc(OC)c(OC)c1)C(=O)Cn1ccccc1=O. The van der Waals surface area contributed by atoms with Gasteiger partial charge < -0.3 is 18.9 Å². The number of aromatic nitrogens is 1. The summed E-state index contributed by atoms with van der Waals surface area (Å²) in [5.41, 5.74) is 0.747. The number of benzene rings is 1. The van der Waals surface area contributed by atoms with Gasteiger partial charge in [-0.25, -0.2) is 0 Å². The highest BCUT2D eigenvalue weighted by Gasteiger charge is 2.14. The topological polar surface area (TPSA) is 60.8 Å². The van der Waals surface area contributed by atoms with Crippen molar-refractivity contribution in [1.82, 2.24) is 9.47 Å². The number of pyridine rings is 1. The number of hydrogen-bond acceptors (Lipinski definition) is 4. The first-order valence-electron chi connectivity index (χ1n) is 7.73. The molecule has 6 nitrogen and oxygen atoms in total. The Bertz CT molecular complexity index is 755. The van der Waals surface area contributed by atoms with Crippen LogP contribution in [0.3, 0.4) is 0 Å². The predicted octanol–water partition coefficient (Wildman–Crippen LogP) is 1.91. The van der Waals surface area contributed by atoms with E-state index in [-0.39, 0.29) is 18.0 Å². The van der Waals surface area contributed by atoms with Gasteiger partial charge in [0.1, 0.15) is 6.54 Å². The van der Waals surface area contributed by atoms with Gasteiger partial charge in [0.25, 0.3) is 5.56 Å². The molecule has 0 saturated carbocycles. The second-order valence-electron chi connectivity index (χ2n) is 5.26. The molecule has 0 unspecified atom stereocenters. The third kappa shape index (κ3) is 4.16. The van der Waals surface area contributed by atoms with Crippen LogP contribution in [0.1, 0.15) is 12.5 Å². The molecule has 6 heteroatoms. The Morgan fingerprint density at radius 2 is 1.88 bits per heavy atom. The van der Waals surface area contributed by atoms with Crippen LogP contribution in [-0.2, 0) is 17.9 Å². The Labute approximate surface area is 141 Å². The summed E-state index contributed by atoms with van der Waals surface area (Å²) >= 11 is 0. The van der Waals surface area contributed by atoms with Crippen LogP contribution >= 0.6 is 0 Å². The van der Waals surface area contributed by atoms with E-state index in [1.165, 1.54) is 10.6 Å². The fourth-order valence-corrected chi connectivity index (χ4v) is 2.41. The molecule has 1 aromatic heterocycles. The Hall–Kier alpha value is -2.76. The highest BCUT2D eigenvalue weighted by atomic mass is 16.5. The fraction of sp³-hybridized carbons (Fsp3) is 0.333. The molecule has 0 fully saturated rings. The smallest absolute Gasteiger partial charge is 0.250 e. The third-order valence-corrected chi connectivity index (χ3v) is 3.76. The number of methoxy groups -OCH3 is 2. The van der Waals surface area contributed by atoms with Crippen LogP contribution in [0.15, 0.2) is 47.4 Å². The lowest BCUT2D eigenvalue weighted by atomic mass is 10.2. The zero-order chi connectivity index (χ0) is 17.5. The van der Waals surface area contributed by atoms with E-state index in [0.717, 1.165) is 5.56 Å². The number of carbonyl (C=O) groups excluding carboxylic acids is 1. The van der Waals surface area contributed by atoms with Crippen molar-refractivity contribution >= 4 is 5.91 Å². The number of rotatable bonds is 7. The molecule has 1 aromatic carbocycles. The Kier molecular flexibility index (Phi) is 6.01. The molecule has 0 bridgehead atoms. The highest BCUT2D eigenvalue weighted by Crippen LogP contribution is 2.28. The van der Waals surface area contributed by atoms with E-state index in [0.29, 0.717) is 24.6 Å². The number of carbonyl (C=O) groups is 1. The van der Waals surface area contributed by atoms with Gasteiger partial charge >= 0.3 is 0 Å². The number of hydrogen-bond donors (Lipinski definition) is 0. The molecule has 128 valence electrons. The van der Waals surface area contributed by atoms with Crippen LogP contribution in [0, 0.1) is 0 Å². The monoisotopic (exact) mass is 330 g/mol. The van der Waals surface area contributed by atoms with Crippen molar-refractivity contribution in [2.24, 2.45) is 0 Å². The van der Waals surface area contributed by atoms with Crippen LogP contribution < -0.4 is 15.0 Å². The number of ether oxygens (including phenoxy) is 2. The second-order valence-corrected chi connectivity index (χ2v) is 5.26. The van der Waals surface area contributed by atoms with Crippen molar-refractivity contribution in [2.75, 3.05) is 20.8 Å². The van der Waals surface area contributed by atoms with Gasteiger partial charge in [-0.15, -0.1) is 0 Å². The molecule has 0 N–H and O–H groups in total. The van der Waals surface area contributed by atoms with Crippen molar-refractivity contribution in [2.45, 2.75) is 20.0 Å². The number of amides is 1. The molecule has 0 atom stereocenters. The molecule has 0 radical (unpaired) electrons. The third-order valence-electron chi connectivity index (χ3n) is 3.76. The summed E-state index contributed by atoms with van der Waals surface area (Å²) in [6.45, 7) is 2.93. The van der Waals surface area contributed by atoms with E-state index in [2.05, 4.69) is 0 Å². The van der Waals surface area contributed by atoms with E-state index < -0.39 is 0 Å². The van der Waals surface area contributed by atoms with E-state index in [4.69, 9.17) is 9.47 Å². The van der Waals surface area contributed by atoms with Gasteiger partial charge in [0.2, 0.25) is 5.91 Å². The van der Waals surface area contributed by atoms with Gasteiger partial charge in [-0.3, -0.25) is 9.59 Å². The van der Waals surface area contributed by atoms with E-state index >= 15 is 0 Å². The molecule has 0 saturated heterocycles. The van der Waals surface area contributed by atoms with Crippen LogP contribution in [0.5, 0.6) is 11.5 Å². The lowest BCUT2D eigenvalue weighted by Gasteiger charge is -2.22. The molecule has 2 rings (SSSR count). The van der Waals surface area contributed by atoms with Gasteiger partial charge in [-0.1, -0.05) is 12.1 Å². The second kappa shape index (κ2) is 8.19. The molecule has 0 aliphatic carbocycles. The van der Waals surface area contributed by atoms with Crippen LogP contribution in [-0.4, -0.2) is 36.1 Å². The van der Waals surface area contributed by atoms with E-state index in [9.17, 15) is 9.59 Å². The van der Waals surface area contributed by atoms with Gasteiger partial charge in [0.05, 0.1) is 14.2 Å². The summed E-state index contributed by atoms with van der Waals surface area (Å²) in [7, 11) is 3.16. The normalized spacial score (nSPS) is 10.3. The largest absolute Gasteiger partial charge is 0.493 e. The summed E-state index contributed by atoms with van der Waals surface area (Å²) in [5.74, 6) is 1.16. The molecular formula is C18H22N2O4. The summed E-state index contributed by atoms with van der Waals surface area (Å²) < 4.78 is 11.9. The molecule has 0 aliphatic heterocycles. The Morgan fingerprint density at radius 1 is 1.12 bits per heavy atom. The lowest BCUT2D eigenvalue weighted by Crippen LogP contribution is -2.35. The lowest BCUT2D eigenvalue weighted by molar-refractivity contribution is -0.132. The minimum absolute atomic E-state index is 0.0286. The average Bonchev–Trinajstić information content (AvgIpc) is 2.61. The van der Waals surface area contributed by atoms with Crippen LogP contribution in [0.2, 0.25) is 0 Å². The van der Waals surface area contributed by atoms with E-state index in [1.807, 2.05) is 25.1 Å². The van der Waals surface area contributed by atoms with Crippen molar-refractivity contribution in [1.29, 1.82) is 0 Å². The molecule has 1 amide bonds. The van der Waals surface area contributed by atoms with Crippen molar-refractivity contribution in [3.05, 3.63) is 58.5 Å². The maximum Gasteiger partial charge on any atom is 0.250 e. The summed E-state index contributed by atoms with van der Waals surface area (Å²) in [6, 6.07) is 10.4. The van der Waals surface area contributed by atoms with Gasteiger partial charge in [-0.2, -0.15) is 0 Å². The minimum Gasteiger partial charge on any atom is -0.493 e. The molecule has 1 heterocycles. The number of nitrogens with zero attached hydrogens (tertiary/aromatic N) is 2. The maximum atomic E-state index is 12.5. The summed E-state index contributed by atoms with van der Waals surface area (Å²) in [5, 5.41) is 0. The zero-order valence-electron chi connectivity index (χ0n) is 14.2. The van der Waals surface area contributed by atoms with Gasteiger partial charge in [-0.05, 0) is 30.7 Å². The van der Waals surface area contributed by atoms with Gasteiger partial charge in [0.15, 0.2) is 11.5 Å². The first-order valence-corrected chi connectivity index (χ1v) is 7.73. The Balaban J connectivity index is 2.13. The fourth-order valence-electron chi connectivity index (χ4n) is 2.41. The molecule has 0 spiro atoms. The van der Waals surface area contributed by atoms with Crippen molar-refractivity contribution in [3.63, 3.8) is 0 Å². The maximum absolute atomic E-state index is 12.5. The van der Waals surface area contributed by atoms with E-state index in [1.54, 1.807) is 37.4 Å². The Morgan fingerprint density at radius 3 is 2.50 bits per heavy atom. The van der Waals surface area contributed by atoms with Crippen LogP contribution in [0.25, 0.3) is 0 Å². The first-order chi connectivity index (χ1) is 11.6. The van der Waals surface area contributed by atoms with Crippen molar-refractivity contribution < 1.29 is 14.3 Å². The average molecular weight is 330 g/mol. The van der Waals surface area contributed by atoms with Crippen LogP contribution in [0.4, 0.5) is 0 Å². The molecule has 0 aliphatic rings. The number of likely N-dealkylation sites (N-methyl/N-ethyl adjacent to an activating group) is 1. The quantitative estimate of drug-likeness (QED) is 0.778. The minimum atomic E-state index is -0.187. The molecule has 2 aromatic rings. The zero-order valence-corrected chi connectivity index (χ0v) is 14.2.